The van der Waals surface area contributed by atoms with Gasteiger partial charge in [0.05, 0.1) is 46.1 Å². The van der Waals surface area contributed by atoms with E-state index in [1.165, 1.54) is 0 Å². The number of benzene rings is 4. The number of aryl methyl sites for hydroxylation is 2. The molecule has 6 rings (SSSR count). The van der Waals surface area contributed by atoms with E-state index in [0.29, 0.717) is 0 Å². The van der Waals surface area contributed by atoms with E-state index in [9.17, 15) is 0 Å². The Kier molecular flexibility index (Phi) is 6.98. The Labute approximate surface area is 236 Å². The van der Waals surface area contributed by atoms with E-state index >= 15 is 0 Å². The first-order valence-corrected chi connectivity index (χ1v) is 13.7. The highest BCUT2D eigenvalue weighted by Gasteiger charge is 2.07. The van der Waals surface area contributed by atoms with Gasteiger partial charge in [-0.25, -0.2) is 9.97 Å². The number of rotatable bonds is 7. The molecule has 2 heterocycles. The summed E-state index contributed by atoms with van der Waals surface area (Å²) in [6, 6.07) is 28.4. The normalized spacial score (nSPS) is 11.9. The third kappa shape index (κ3) is 5.51. The van der Waals surface area contributed by atoms with Gasteiger partial charge in [-0.1, -0.05) is 56.1 Å². The number of hydrogen-bond donors (Lipinski definition) is 0. The summed E-state index contributed by atoms with van der Waals surface area (Å²) in [5, 5.41) is 0. The van der Waals surface area contributed by atoms with Crippen molar-refractivity contribution in [1.29, 1.82) is 0 Å². The molecule has 0 bridgehead atoms. The first-order valence-electron chi connectivity index (χ1n) is 12.1. The lowest BCUT2D eigenvalue weighted by Gasteiger charge is -2.07. The summed E-state index contributed by atoms with van der Waals surface area (Å²) in [7, 11) is 0. The smallest absolute Gasteiger partial charge is 0.0958 e. The molecular formula is C30H22Br2N6. The third-order valence-electron chi connectivity index (χ3n) is 6.26. The van der Waals surface area contributed by atoms with Gasteiger partial charge < -0.3 is 9.13 Å². The topological polar surface area (TPSA) is 60.4 Å². The number of halogens is 2. The Bertz CT molecular complexity index is 1650. The lowest BCUT2D eigenvalue weighted by molar-refractivity contribution is 0.600. The average Bonchev–Trinajstić information content (AvgIpc) is 3.54. The first kappa shape index (κ1) is 24.5. The maximum Gasteiger partial charge on any atom is 0.0958 e. The summed E-state index contributed by atoms with van der Waals surface area (Å²) < 4.78 is 6.44. The van der Waals surface area contributed by atoms with E-state index in [-0.39, 0.29) is 0 Å². The minimum atomic E-state index is 0.785. The number of nitrogens with zero attached hydrogens (tertiary/aromatic N) is 6. The van der Waals surface area contributed by atoms with Crippen LogP contribution in [0.4, 0.5) is 11.4 Å². The number of aromatic nitrogens is 4. The van der Waals surface area contributed by atoms with Gasteiger partial charge in [-0.15, -0.1) is 0 Å². The summed E-state index contributed by atoms with van der Waals surface area (Å²) in [4.78, 5) is 18.4. The number of hydrogen-bond acceptors (Lipinski definition) is 4. The fraction of sp³-hybridized carbons (Fsp3) is 0.0667. The Balaban J connectivity index is 1.14. The van der Waals surface area contributed by atoms with Crippen LogP contribution in [0.25, 0.3) is 22.1 Å². The molecule has 6 nitrogen and oxygen atoms in total. The summed E-state index contributed by atoms with van der Waals surface area (Å²) in [5.41, 5.74) is 7.89. The molecule has 0 amide bonds. The van der Waals surface area contributed by atoms with Crippen molar-refractivity contribution in [3.63, 3.8) is 0 Å². The Morgan fingerprint density at radius 3 is 1.42 bits per heavy atom. The van der Waals surface area contributed by atoms with Crippen LogP contribution in [0.1, 0.15) is 11.1 Å². The number of imidazole rings is 2. The van der Waals surface area contributed by atoms with Crippen LogP contribution in [0.3, 0.4) is 0 Å². The molecule has 0 aliphatic rings. The van der Waals surface area contributed by atoms with Crippen LogP contribution in [0.5, 0.6) is 0 Å². The molecule has 0 fully saturated rings. The van der Waals surface area contributed by atoms with Gasteiger partial charge in [0.2, 0.25) is 0 Å². The van der Waals surface area contributed by atoms with Crippen molar-refractivity contribution in [2.24, 2.45) is 9.98 Å². The van der Waals surface area contributed by atoms with Gasteiger partial charge in [-0.2, -0.15) is 0 Å². The highest BCUT2D eigenvalue weighted by Crippen LogP contribution is 2.23. The fourth-order valence-electron chi connectivity index (χ4n) is 4.23. The van der Waals surface area contributed by atoms with E-state index in [1.54, 1.807) is 0 Å². The van der Waals surface area contributed by atoms with Crippen LogP contribution in [-0.2, 0) is 13.1 Å². The quantitative estimate of drug-likeness (QED) is 0.168. The molecule has 4 aromatic carbocycles. The average molecular weight is 626 g/mol. The second kappa shape index (κ2) is 10.8. The standard InChI is InChI=1S/C30H22Br2N6/c31-23-5-1-21(2-6-23)17-33-25-9-11-29-27(15-25)35-19-37(29)13-14-38-20-36-28-16-26(10-12-30(28)38)34-18-22-3-7-24(32)8-4-22/h1-12,15-20H,13-14H2. The summed E-state index contributed by atoms with van der Waals surface area (Å²) in [6.45, 7) is 1.57. The molecule has 38 heavy (non-hydrogen) atoms. The lowest BCUT2D eigenvalue weighted by atomic mass is 10.2. The van der Waals surface area contributed by atoms with Crippen LogP contribution >= 0.6 is 31.9 Å². The van der Waals surface area contributed by atoms with Gasteiger partial charge in [-0.05, 0) is 71.8 Å². The van der Waals surface area contributed by atoms with E-state index < -0.39 is 0 Å². The molecule has 0 unspecified atom stereocenters. The van der Waals surface area contributed by atoms with E-state index in [1.807, 2.05) is 97.9 Å². The molecule has 0 aliphatic carbocycles. The molecule has 0 atom stereocenters. The van der Waals surface area contributed by atoms with E-state index in [2.05, 4.69) is 73.1 Å². The van der Waals surface area contributed by atoms with Crippen molar-refractivity contribution >= 4 is 77.7 Å². The van der Waals surface area contributed by atoms with Gasteiger partial charge in [0.25, 0.3) is 0 Å². The fourth-order valence-corrected chi connectivity index (χ4v) is 4.76. The van der Waals surface area contributed by atoms with Crippen LogP contribution in [0, 0.1) is 0 Å². The minimum Gasteiger partial charge on any atom is -0.329 e. The predicted octanol–water partition coefficient (Wildman–Crippen LogP) is 8.11. The molecule has 2 aromatic heterocycles. The molecule has 186 valence electrons. The van der Waals surface area contributed by atoms with E-state index in [0.717, 1.165) is 66.6 Å². The second-order valence-electron chi connectivity index (χ2n) is 8.84. The van der Waals surface area contributed by atoms with Gasteiger partial charge in [-0.3, -0.25) is 9.98 Å². The monoisotopic (exact) mass is 624 g/mol. The summed E-state index contributed by atoms with van der Waals surface area (Å²) in [5.74, 6) is 0. The van der Waals surface area contributed by atoms with E-state index in [4.69, 9.17) is 0 Å². The molecule has 0 radical (unpaired) electrons. The maximum absolute atomic E-state index is 4.61. The summed E-state index contributed by atoms with van der Waals surface area (Å²) in [6.07, 6.45) is 7.51. The van der Waals surface area contributed by atoms with Crippen LogP contribution in [0.2, 0.25) is 0 Å². The minimum absolute atomic E-state index is 0.785. The van der Waals surface area contributed by atoms with Crippen molar-refractivity contribution in [3.8, 4) is 0 Å². The van der Waals surface area contributed by atoms with Crippen molar-refractivity contribution < 1.29 is 0 Å². The SMILES string of the molecule is Brc1ccc(C=Nc2ccc3c(c2)ncn3CCn2cnc3cc(N=Cc4ccc(Br)cc4)ccc32)cc1. The lowest BCUT2D eigenvalue weighted by Crippen LogP contribution is -2.05. The maximum atomic E-state index is 4.61. The Morgan fingerprint density at radius 1 is 0.579 bits per heavy atom. The zero-order valence-electron chi connectivity index (χ0n) is 20.2. The van der Waals surface area contributed by atoms with Crippen molar-refractivity contribution in [2.75, 3.05) is 0 Å². The number of aliphatic imine (C=N–C) groups is 2. The molecule has 8 heteroatoms. The van der Waals surface area contributed by atoms with Crippen molar-refractivity contribution in [3.05, 3.63) is 118 Å². The molecule has 6 aromatic rings. The third-order valence-corrected chi connectivity index (χ3v) is 7.31. The number of fused-ring (bicyclic) bond motifs is 2. The van der Waals surface area contributed by atoms with Gasteiger partial charge in [0.1, 0.15) is 0 Å². The van der Waals surface area contributed by atoms with Crippen molar-refractivity contribution in [2.45, 2.75) is 13.1 Å². The highest BCUT2D eigenvalue weighted by atomic mass is 79.9. The molecule has 0 spiro atoms. The van der Waals surface area contributed by atoms with Gasteiger partial charge in [0, 0.05) is 34.5 Å². The molecule has 0 saturated carbocycles. The van der Waals surface area contributed by atoms with Crippen LogP contribution in [0.15, 0.2) is 117 Å². The van der Waals surface area contributed by atoms with Crippen LogP contribution < -0.4 is 0 Å². The molecular weight excluding hydrogens is 604 g/mol. The highest BCUT2D eigenvalue weighted by molar-refractivity contribution is 9.10. The van der Waals surface area contributed by atoms with Gasteiger partial charge in [0.15, 0.2) is 0 Å². The largest absolute Gasteiger partial charge is 0.329 e. The predicted molar refractivity (Wildman–Crippen MR) is 162 cm³/mol. The first-order chi connectivity index (χ1) is 18.6. The van der Waals surface area contributed by atoms with Gasteiger partial charge >= 0.3 is 0 Å². The Hall–Kier alpha value is -3.88. The summed E-state index contributed by atoms with van der Waals surface area (Å²) >= 11 is 6.92. The zero-order valence-corrected chi connectivity index (χ0v) is 23.4. The molecule has 0 saturated heterocycles. The van der Waals surface area contributed by atoms with Crippen LogP contribution in [-0.4, -0.2) is 31.5 Å². The molecule has 0 aliphatic heterocycles. The Morgan fingerprint density at radius 2 is 1.00 bits per heavy atom. The molecule has 0 N–H and O–H groups in total. The zero-order chi connectivity index (χ0) is 25.9. The van der Waals surface area contributed by atoms with Crippen molar-refractivity contribution in [1.82, 2.24) is 19.1 Å². The second-order valence-corrected chi connectivity index (χ2v) is 10.7.